The average molecular weight is 224 g/mol. The monoisotopic (exact) mass is 224 g/mol. The van der Waals surface area contributed by atoms with E-state index in [-0.39, 0.29) is 0 Å². The van der Waals surface area contributed by atoms with Crippen LogP contribution in [0.15, 0.2) is 42.9 Å². The van der Waals surface area contributed by atoms with Crippen LogP contribution in [0.4, 0.5) is 0 Å². The highest BCUT2D eigenvalue weighted by atomic mass is 15.1. The molecule has 0 bridgehead atoms. The molecule has 0 saturated carbocycles. The number of rotatable bonds is 2. The highest BCUT2D eigenvalue weighted by molar-refractivity contribution is 5.93. The largest absolute Gasteiger partial charge is 0.323 e. The van der Waals surface area contributed by atoms with Gasteiger partial charge in [0.25, 0.3) is 0 Å². The number of allylic oxidation sites excluding steroid dienone is 2. The molecule has 0 aliphatic carbocycles. The van der Waals surface area contributed by atoms with Crippen LogP contribution in [0, 0.1) is 0 Å². The second kappa shape index (κ2) is 3.88. The molecule has 2 heterocycles. The number of imidazole rings is 1. The summed E-state index contributed by atoms with van der Waals surface area (Å²) < 4.78 is 2.29. The number of hydrogen-bond donors (Lipinski definition) is 0. The standard InChI is InChI=1S/C15H16N2/c1-3-13-15(12-7-5-4-6-8-12)11(2)14-9-16-10-17(13)14/h4-10,13H,3H2,1-2H3. The van der Waals surface area contributed by atoms with Gasteiger partial charge in [0.15, 0.2) is 0 Å². The molecule has 0 N–H and O–H groups in total. The van der Waals surface area contributed by atoms with E-state index in [9.17, 15) is 0 Å². The predicted octanol–water partition coefficient (Wildman–Crippen LogP) is 3.78. The lowest BCUT2D eigenvalue weighted by Crippen LogP contribution is -2.04. The molecule has 1 aliphatic heterocycles. The minimum Gasteiger partial charge on any atom is -0.323 e. The molecule has 1 atom stereocenters. The van der Waals surface area contributed by atoms with Gasteiger partial charge in [-0.05, 0) is 30.1 Å². The van der Waals surface area contributed by atoms with Crippen LogP contribution >= 0.6 is 0 Å². The van der Waals surface area contributed by atoms with Crippen molar-refractivity contribution in [2.45, 2.75) is 26.3 Å². The van der Waals surface area contributed by atoms with E-state index in [0.717, 1.165) is 6.42 Å². The van der Waals surface area contributed by atoms with E-state index >= 15 is 0 Å². The minimum absolute atomic E-state index is 0.440. The average Bonchev–Trinajstić information content (AvgIpc) is 2.93. The fourth-order valence-corrected chi connectivity index (χ4v) is 2.80. The van der Waals surface area contributed by atoms with Crippen LogP contribution in [0.3, 0.4) is 0 Å². The Bertz CT molecular complexity index is 564. The molecule has 1 aliphatic rings. The van der Waals surface area contributed by atoms with Crippen LogP contribution in [0.2, 0.25) is 0 Å². The summed E-state index contributed by atoms with van der Waals surface area (Å²) in [4.78, 5) is 4.25. The van der Waals surface area contributed by atoms with Crippen molar-refractivity contribution >= 4 is 11.1 Å². The first-order valence-corrected chi connectivity index (χ1v) is 6.11. The summed E-state index contributed by atoms with van der Waals surface area (Å²) in [5.74, 6) is 0. The highest BCUT2D eigenvalue weighted by Gasteiger charge is 2.28. The summed E-state index contributed by atoms with van der Waals surface area (Å²) in [5, 5.41) is 0. The zero-order valence-electron chi connectivity index (χ0n) is 10.2. The normalized spacial score (nSPS) is 18.6. The molecular formula is C15H16N2. The second-order valence-corrected chi connectivity index (χ2v) is 4.51. The molecular weight excluding hydrogens is 208 g/mol. The van der Waals surface area contributed by atoms with Gasteiger partial charge in [-0.25, -0.2) is 4.98 Å². The smallest absolute Gasteiger partial charge is 0.0956 e. The fourth-order valence-electron chi connectivity index (χ4n) is 2.80. The predicted molar refractivity (Wildman–Crippen MR) is 70.5 cm³/mol. The van der Waals surface area contributed by atoms with Gasteiger partial charge in [-0.3, -0.25) is 0 Å². The summed E-state index contributed by atoms with van der Waals surface area (Å²) in [7, 11) is 0. The molecule has 0 amide bonds. The first-order chi connectivity index (χ1) is 8.33. The molecule has 3 rings (SSSR count). The highest BCUT2D eigenvalue weighted by Crippen LogP contribution is 2.43. The lowest BCUT2D eigenvalue weighted by atomic mass is 9.95. The van der Waals surface area contributed by atoms with E-state index < -0.39 is 0 Å². The van der Waals surface area contributed by atoms with Gasteiger partial charge in [-0.1, -0.05) is 37.3 Å². The Hall–Kier alpha value is -1.83. The topological polar surface area (TPSA) is 17.8 Å². The molecule has 17 heavy (non-hydrogen) atoms. The summed E-state index contributed by atoms with van der Waals surface area (Å²) in [5.41, 5.74) is 5.40. The maximum absolute atomic E-state index is 4.25. The van der Waals surface area contributed by atoms with Gasteiger partial charge >= 0.3 is 0 Å². The Balaban J connectivity index is 2.17. The molecule has 1 aromatic carbocycles. The van der Waals surface area contributed by atoms with Crippen LogP contribution in [-0.4, -0.2) is 9.55 Å². The van der Waals surface area contributed by atoms with Gasteiger partial charge in [0.2, 0.25) is 0 Å². The van der Waals surface area contributed by atoms with E-state index in [4.69, 9.17) is 0 Å². The van der Waals surface area contributed by atoms with Gasteiger partial charge in [0.1, 0.15) is 0 Å². The summed E-state index contributed by atoms with van der Waals surface area (Å²) in [6.45, 7) is 4.43. The van der Waals surface area contributed by atoms with Crippen LogP contribution in [0.1, 0.15) is 37.6 Å². The molecule has 0 fully saturated rings. The molecule has 0 radical (unpaired) electrons. The SMILES string of the molecule is CCC1C(c2ccccc2)=C(C)c2cncn21. The van der Waals surface area contributed by atoms with E-state index in [1.165, 1.54) is 22.4 Å². The van der Waals surface area contributed by atoms with Gasteiger partial charge < -0.3 is 4.57 Å². The van der Waals surface area contributed by atoms with Crippen molar-refractivity contribution < 1.29 is 0 Å². The van der Waals surface area contributed by atoms with Crippen molar-refractivity contribution in [1.82, 2.24) is 9.55 Å². The van der Waals surface area contributed by atoms with Gasteiger partial charge in [-0.15, -0.1) is 0 Å². The lowest BCUT2D eigenvalue weighted by Gasteiger charge is -2.16. The minimum atomic E-state index is 0.440. The molecule has 2 aromatic rings. The summed E-state index contributed by atoms with van der Waals surface area (Å²) in [6.07, 6.45) is 5.02. The van der Waals surface area contributed by atoms with Crippen molar-refractivity contribution in [2.75, 3.05) is 0 Å². The lowest BCUT2D eigenvalue weighted by molar-refractivity contribution is 0.611. The second-order valence-electron chi connectivity index (χ2n) is 4.51. The van der Waals surface area contributed by atoms with Crippen molar-refractivity contribution in [3.05, 3.63) is 54.1 Å². The number of fused-ring (bicyclic) bond motifs is 1. The van der Waals surface area contributed by atoms with E-state index in [0.29, 0.717) is 6.04 Å². The van der Waals surface area contributed by atoms with Crippen LogP contribution in [0.25, 0.3) is 11.1 Å². The van der Waals surface area contributed by atoms with Crippen molar-refractivity contribution in [1.29, 1.82) is 0 Å². The van der Waals surface area contributed by atoms with Crippen molar-refractivity contribution in [3.63, 3.8) is 0 Å². The Morgan fingerprint density at radius 1 is 1.24 bits per heavy atom. The first kappa shape index (κ1) is 10.3. The van der Waals surface area contributed by atoms with Crippen LogP contribution < -0.4 is 0 Å². The Morgan fingerprint density at radius 2 is 2.00 bits per heavy atom. The van der Waals surface area contributed by atoms with Crippen LogP contribution in [-0.2, 0) is 0 Å². The Morgan fingerprint density at radius 3 is 2.71 bits per heavy atom. The fraction of sp³-hybridized carbons (Fsp3) is 0.267. The van der Waals surface area contributed by atoms with Crippen LogP contribution in [0.5, 0.6) is 0 Å². The quantitative estimate of drug-likeness (QED) is 0.759. The zero-order valence-corrected chi connectivity index (χ0v) is 10.2. The van der Waals surface area contributed by atoms with Crippen molar-refractivity contribution in [3.8, 4) is 0 Å². The third-order valence-corrected chi connectivity index (χ3v) is 3.59. The van der Waals surface area contributed by atoms with E-state index in [1.54, 1.807) is 0 Å². The van der Waals surface area contributed by atoms with E-state index in [1.807, 2.05) is 12.5 Å². The molecule has 1 aromatic heterocycles. The molecule has 2 nitrogen and oxygen atoms in total. The summed E-state index contributed by atoms with van der Waals surface area (Å²) in [6, 6.07) is 11.1. The summed E-state index contributed by atoms with van der Waals surface area (Å²) >= 11 is 0. The van der Waals surface area contributed by atoms with Gasteiger partial charge in [0.05, 0.1) is 24.3 Å². The van der Waals surface area contributed by atoms with Gasteiger partial charge in [-0.2, -0.15) is 0 Å². The Labute approximate surface area is 102 Å². The van der Waals surface area contributed by atoms with Gasteiger partial charge in [0, 0.05) is 0 Å². The number of benzene rings is 1. The number of aromatic nitrogens is 2. The maximum atomic E-state index is 4.25. The third kappa shape index (κ3) is 1.44. The molecule has 0 saturated heterocycles. The molecule has 86 valence electrons. The third-order valence-electron chi connectivity index (χ3n) is 3.59. The number of hydrogen-bond acceptors (Lipinski definition) is 1. The van der Waals surface area contributed by atoms with E-state index in [2.05, 4.69) is 53.7 Å². The molecule has 1 unspecified atom stereocenters. The molecule has 0 spiro atoms. The van der Waals surface area contributed by atoms with Crippen molar-refractivity contribution in [2.24, 2.45) is 0 Å². The maximum Gasteiger partial charge on any atom is 0.0956 e. The first-order valence-electron chi connectivity index (χ1n) is 6.11. The molecule has 2 heteroatoms. The number of nitrogens with zero attached hydrogens (tertiary/aromatic N) is 2. The zero-order chi connectivity index (χ0) is 11.8. The Kier molecular flexibility index (Phi) is 2.36.